The van der Waals surface area contributed by atoms with Gasteiger partial charge in [-0.2, -0.15) is 0 Å². The van der Waals surface area contributed by atoms with Gasteiger partial charge in [0.05, 0.1) is 0 Å². The highest BCUT2D eigenvalue weighted by atomic mass is 35.5. The summed E-state index contributed by atoms with van der Waals surface area (Å²) in [5.41, 5.74) is 0.558. The summed E-state index contributed by atoms with van der Waals surface area (Å²) in [6.07, 6.45) is 0. The molecule has 0 aliphatic carbocycles. The van der Waals surface area contributed by atoms with Crippen LogP contribution in [0.25, 0.3) is 0 Å². The van der Waals surface area contributed by atoms with Crippen molar-refractivity contribution in [1.82, 2.24) is 10.6 Å². The van der Waals surface area contributed by atoms with E-state index in [1.165, 1.54) is 0 Å². The van der Waals surface area contributed by atoms with Gasteiger partial charge in [-0.3, -0.25) is 4.79 Å². The second kappa shape index (κ2) is 6.90. The SMILES string of the molecule is CNC(=O)[C@H](NC(=S)Nc1ccc(Cl)cc1)C(C)(C)C. The Hall–Kier alpha value is -1.33. The van der Waals surface area contributed by atoms with Crippen LogP contribution in [0.3, 0.4) is 0 Å². The Morgan fingerprint density at radius 1 is 1.25 bits per heavy atom. The molecular formula is C14H20ClN3OS. The van der Waals surface area contributed by atoms with Crippen LogP contribution in [0.5, 0.6) is 0 Å². The highest BCUT2D eigenvalue weighted by Crippen LogP contribution is 2.20. The molecule has 1 amide bonds. The molecule has 0 radical (unpaired) electrons. The summed E-state index contributed by atoms with van der Waals surface area (Å²) in [6.45, 7) is 5.93. The van der Waals surface area contributed by atoms with Crippen molar-refractivity contribution >= 4 is 40.5 Å². The molecule has 0 heterocycles. The van der Waals surface area contributed by atoms with E-state index in [-0.39, 0.29) is 11.3 Å². The van der Waals surface area contributed by atoms with Crippen molar-refractivity contribution in [2.45, 2.75) is 26.8 Å². The van der Waals surface area contributed by atoms with Crippen LogP contribution in [0.4, 0.5) is 5.69 Å². The first-order valence-corrected chi connectivity index (χ1v) is 7.07. The Labute approximate surface area is 130 Å². The topological polar surface area (TPSA) is 53.2 Å². The molecule has 6 heteroatoms. The van der Waals surface area contributed by atoms with Gasteiger partial charge in [-0.25, -0.2) is 0 Å². The normalized spacial score (nSPS) is 12.4. The number of carbonyl (C=O) groups excluding carboxylic acids is 1. The average molecular weight is 314 g/mol. The number of hydrogen-bond acceptors (Lipinski definition) is 2. The number of thiocarbonyl (C=S) groups is 1. The van der Waals surface area contributed by atoms with E-state index in [1.54, 1.807) is 19.2 Å². The summed E-state index contributed by atoms with van der Waals surface area (Å²) in [5.74, 6) is -0.0993. The minimum Gasteiger partial charge on any atom is -0.357 e. The number of halogens is 1. The Morgan fingerprint density at radius 3 is 2.25 bits per heavy atom. The van der Waals surface area contributed by atoms with Crippen LogP contribution in [-0.2, 0) is 4.79 Å². The monoisotopic (exact) mass is 313 g/mol. The van der Waals surface area contributed by atoms with Crippen LogP contribution in [-0.4, -0.2) is 24.1 Å². The summed E-state index contributed by atoms with van der Waals surface area (Å²) in [6, 6.07) is 6.77. The molecular weight excluding hydrogens is 294 g/mol. The molecule has 1 rings (SSSR count). The molecule has 1 atom stereocenters. The molecule has 0 fully saturated rings. The van der Waals surface area contributed by atoms with Crippen molar-refractivity contribution in [2.24, 2.45) is 5.41 Å². The molecule has 1 aromatic carbocycles. The van der Waals surface area contributed by atoms with Crippen molar-refractivity contribution in [1.29, 1.82) is 0 Å². The van der Waals surface area contributed by atoms with E-state index in [2.05, 4.69) is 16.0 Å². The molecule has 20 heavy (non-hydrogen) atoms. The number of anilines is 1. The number of benzene rings is 1. The predicted octanol–water partition coefficient (Wildman–Crippen LogP) is 2.79. The third-order valence-corrected chi connectivity index (χ3v) is 3.22. The largest absolute Gasteiger partial charge is 0.357 e. The van der Waals surface area contributed by atoms with Crippen LogP contribution in [0.15, 0.2) is 24.3 Å². The van der Waals surface area contributed by atoms with Gasteiger partial charge in [0.15, 0.2) is 5.11 Å². The third-order valence-electron chi connectivity index (χ3n) is 2.75. The molecule has 0 aliphatic heterocycles. The van der Waals surface area contributed by atoms with Crippen LogP contribution in [0, 0.1) is 5.41 Å². The molecule has 0 saturated heterocycles. The third kappa shape index (κ3) is 4.98. The first-order chi connectivity index (χ1) is 9.24. The Morgan fingerprint density at radius 2 is 1.80 bits per heavy atom. The van der Waals surface area contributed by atoms with E-state index >= 15 is 0 Å². The van der Waals surface area contributed by atoms with Crippen molar-refractivity contribution < 1.29 is 4.79 Å². The van der Waals surface area contributed by atoms with Gasteiger partial charge in [0, 0.05) is 17.8 Å². The van der Waals surface area contributed by atoms with E-state index < -0.39 is 6.04 Å². The lowest BCUT2D eigenvalue weighted by Crippen LogP contribution is -2.53. The van der Waals surface area contributed by atoms with Crippen molar-refractivity contribution in [3.63, 3.8) is 0 Å². The van der Waals surface area contributed by atoms with E-state index in [9.17, 15) is 4.79 Å². The van der Waals surface area contributed by atoms with Gasteiger partial charge in [0.25, 0.3) is 0 Å². The first kappa shape index (κ1) is 16.7. The molecule has 4 nitrogen and oxygen atoms in total. The molecule has 1 aromatic rings. The number of nitrogens with one attached hydrogen (secondary N) is 3. The van der Waals surface area contributed by atoms with Crippen molar-refractivity contribution in [2.75, 3.05) is 12.4 Å². The molecule has 0 unspecified atom stereocenters. The highest BCUT2D eigenvalue weighted by molar-refractivity contribution is 7.80. The van der Waals surface area contributed by atoms with E-state index in [4.69, 9.17) is 23.8 Å². The summed E-state index contributed by atoms with van der Waals surface area (Å²) < 4.78 is 0. The van der Waals surface area contributed by atoms with Crippen LogP contribution in [0.2, 0.25) is 5.02 Å². The minimum absolute atomic E-state index is 0.0993. The number of hydrogen-bond donors (Lipinski definition) is 3. The summed E-state index contributed by atoms with van der Waals surface area (Å²) in [4.78, 5) is 11.9. The molecule has 110 valence electrons. The van der Waals surface area contributed by atoms with Crippen LogP contribution >= 0.6 is 23.8 Å². The maximum absolute atomic E-state index is 11.9. The second-order valence-corrected chi connectivity index (χ2v) is 6.36. The lowest BCUT2D eigenvalue weighted by molar-refractivity contribution is -0.124. The van der Waals surface area contributed by atoms with Crippen LogP contribution in [0.1, 0.15) is 20.8 Å². The molecule has 0 bridgehead atoms. The fourth-order valence-corrected chi connectivity index (χ4v) is 2.01. The summed E-state index contributed by atoms with van der Waals surface area (Å²) >= 11 is 11.1. The van der Waals surface area contributed by atoms with Gasteiger partial charge in [-0.15, -0.1) is 0 Å². The quantitative estimate of drug-likeness (QED) is 0.751. The van der Waals surface area contributed by atoms with Crippen LogP contribution < -0.4 is 16.0 Å². The van der Waals surface area contributed by atoms with Gasteiger partial charge in [-0.05, 0) is 41.9 Å². The van der Waals surface area contributed by atoms with Gasteiger partial charge in [0.2, 0.25) is 5.91 Å². The van der Waals surface area contributed by atoms with E-state index in [0.717, 1.165) is 5.69 Å². The zero-order chi connectivity index (χ0) is 15.3. The molecule has 0 aliphatic rings. The number of carbonyl (C=O) groups is 1. The molecule has 0 spiro atoms. The fourth-order valence-electron chi connectivity index (χ4n) is 1.65. The van der Waals surface area contributed by atoms with E-state index in [0.29, 0.717) is 10.1 Å². The molecule has 0 aromatic heterocycles. The predicted molar refractivity (Wildman–Crippen MR) is 88.1 cm³/mol. The van der Waals surface area contributed by atoms with Gasteiger partial charge >= 0.3 is 0 Å². The highest BCUT2D eigenvalue weighted by Gasteiger charge is 2.31. The Kier molecular flexibility index (Phi) is 5.77. The zero-order valence-electron chi connectivity index (χ0n) is 12.1. The first-order valence-electron chi connectivity index (χ1n) is 6.28. The standard InChI is InChI=1S/C14H20ClN3OS/c1-14(2,3)11(12(19)16-4)18-13(20)17-10-7-5-9(15)6-8-10/h5-8,11H,1-4H3,(H,16,19)(H2,17,18,20)/t11-/m0/s1. The summed E-state index contributed by atoms with van der Waals surface area (Å²) in [5, 5.41) is 9.78. The van der Waals surface area contributed by atoms with Gasteiger partial charge in [0.1, 0.15) is 6.04 Å². The van der Waals surface area contributed by atoms with E-state index in [1.807, 2.05) is 32.9 Å². The van der Waals surface area contributed by atoms with Crippen molar-refractivity contribution in [3.05, 3.63) is 29.3 Å². The maximum Gasteiger partial charge on any atom is 0.242 e. The lowest BCUT2D eigenvalue weighted by atomic mass is 9.86. The van der Waals surface area contributed by atoms with Gasteiger partial charge < -0.3 is 16.0 Å². The Bertz CT molecular complexity index is 482. The van der Waals surface area contributed by atoms with Crippen molar-refractivity contribution in [3.8, 4) is 0 Å². The molecule has 3 N–H and O–H groups in total. The molecule has 0 saturated carbocycles. The average Bonchev–Trinajstić information content (AvgIpc) is 2.36. The fraction of sp³-hybridized carbons (Fsp3) is 0.429. The minimum atomic E-state index is -0.417. The maximum atomic E-state index is 11.9. The lowest BCUT2D eigenvalue weighted by Gasteiger charge is -2.30. The second-order valence-electron chi connectivity index (χ2n) is 5.52. The summed E-state index contributed by atoms with van der Waals surface area (Å²) in [7, 11) is 1.61. The smallest absolute Gasteiger partial charge is 0.242 e. The number of rotatable bonds is 3. The number of amides is 1. The number of likely N-dealkylation sites (N-methyl/N-ethyl adjacent to an activating group) is 1. The Balaban J connectivity index is 2.72. The van der Waals surface area contributed by atoms with Gasteiger partial charge in [-0.1, -0.05) is 32.4 Å². The zero-order valence-corrected chi connectivity index (χ0v) is 13.7.